The molecule has 0 saturated heterocycles. The van der Waals surface area contributed by atoms with Crippen molar-refractivity contribution in [1.29, 1.82) is 0 Å². The minimum Gasteiger partial charge on any atom is -0.383 e. The lowest BCUT2D eigenvalue weighted by Gasteiger charge is -2.15. The first-order chi connectivity index (χ1) is 9.26. The number of aromatic nitrogens is 1. The van der Waals surface area contributed by atoms with E-state index in [1.807, 2.05) is 24.3 Å². The molecular formula is C14H15BrN2O2. The number of nitrogens with one attached hydrogen (secondary N) is 1. The molecule has 0 aliphatic heterocycles. The lowest BCUT2D eigenvalue weighted by atomic mass is 10.1. The number of ether oxygens (including phenoxy) is 1. The number of pyridine rings is 1. The van der Waals surface area contributed by atoms with Gasteiger partial charge >= 0.3 is 0 Å². The zero-order valence-electron chi connectivity index (χ0n) is 10.6. The van der Waals surface area contributed by atoms with E-state index in [1.165, 1.54) is 0 Å². The molecule has 100 valence electrons. The maximum Gasteiger partial charge on any atom is 0.253 e. The third-order valence-electron chi connectivity index (χ3n) is 2.77. The summed E-state index contributed by atoms with van der Waals surface area (Å²) in [4.78, 5) is 16.6. The maximum absolute atomic E-state index is 12.3. The quantitative estimate of drug-likeness (QED) is 0.860. The monoisotopic (exact) mass is 322 g/mol. The van der Waals surface area contributed by atoms with Crippen molar-refractivity contribution >= 4 is 32.7 Å². The number of halogens is 1. The highest BCUT2D eigenvalue weighted by molar-refractivity contribution is 9.09. The second-order valence-corrected chi connectivity index (χ2v) is 4.81. The molecule has 1 aromatic heterocycles. The molecule has 2 aromatic rings. The average Bonchev–Trinajstić information content (AvgIpc) is 2.46. The molecular weight excluding hydrogens is 308 g/mol. The highest BCUT2D eigenvalue weighted by atomic mass is 79.9. The minimum absolute atomic E-state index is 0.0588. The van der Waals surface area contributed by atoms with Crippen molar-refractivity contribution in [3.63, 3.8) is 0 Å². The van der Waals surface area contributed by atoms with Gasteiger partial charge < -0.3 is 10.1 Å². The zero-order chi connectivity index (χ0) is 13.7. The standard InChI is InChI=1S/C14H15BrN2O2/c1-19-9-11(8-15)17-14(18)12-6-2-4-10-5-3-7-16-13(10)12/h2-7,11H,8-9H2,1H3,(H,17,18). The molecule has 1 unspecified atom stereocenters. The van der Waals surface area contributed by atoms with Crippen LogP contribution in [0.2, 0.25) is 0 Å². The Balaban J connectivity index is 2.26. The molecule has 1 heterocycles. The molecule has 1 amide bonds. The molecule has 1 N–H and O–H groups in total. The van der Waals surface area contributed by atoms with Gasteiger partial charge in [-0.05, 0) is 12.1 Å². The number of hydrogen-bond donors (Lipinski definition) is 1. The van der Waals surface area contributed by atoms with Crippen LogP contribution >= 0.6 is 15.9 Å². The third-order valence-corrected chi connectivity index (χ3v) is 3.55. The second-order valence-electron chi connectivity index (χ2n) is 4.16. The molecule has 5 heteroatoms. The molecule has 1 aromatic carbocycles. The Morgan fingerprint density at radius 1 is 1.42 bits per heavy atom. The summed E-state index contributed by atoms with van der Waals surface area (Å²) in [5.41, 5.74) is 1.30. The van der Waals surface area contributed by atoms with Crippen LogP contribution in [0.5, 0.6) is 0 Å². The SMILES string of the molecule is COCC(CBr)NC(=O)c1cccc2cccnc12. The van der Waals surface area contributed by atoms with Crippen molar-refractivity contribution in [3.05, 3.63) is 42.1 Å². The first-order valence-electron chi connectivity index (χ1n) is 5.95. The number of alkyl halides is 1. The lowest BCUT2D eigenvalue weighted by Crippen LogP contribution is -2.39. The summed E-state index contributed by atoms with van der Waals surface area (Å²) >= 11 is 3.36. The summed E-state index contributed by atoms with van der Waals surface area (Å²) in [6.45, 7) is 0.467. The minimum atomic E-state index is -0.134. The van der Waals surface area contributed by atoms with Gasteiger partial charge in [-0.3, -0.25) is 9.78 Å². The number of para-hydroxylation sites is 1. The summed E-state index contributed by atoms with van der Waals surface area (Å²) in [5, 5.41) is 4.52. The van der Waals surface area contributed by atoms with Gasteiger partial charge in [-0.25, -0.2) is 0 Å². The molecule has 2 rings (SSSR count). The van der Waals surface area contributed by atoms with Crippen molar-refractivity contribution in [3.8, 4) is 0 Å². The van der Waals surface area contributed by atoms with Crippen LogP contribution in [-0.4, -0.2) is 36.0 Å². The zero-order valence-corrected chi connectivity index (χ0v) is 12.2. The van der Waals surface area contributed by atoms with Crippen LogP contribution in [0.3, 0.4) is 0 Å². The molecule has 0 radical (unpaired) electrons. The second kappa shape index (κ2) is 6.63. The largest absolute Gasteiger partial charge is 0.383 e. The van der Waals surface area contributed by atoms with E-state index in [1.54, 1.807) is 19.4 Å². The fourth-order valence-corrected chi connectivity index (χ4v) is 2.23. The Labute approximate surface area is 120 Å². The third kappa shape index (κ3) is 3.30. The van der Waals surface area contributed by atoms with Crippen LogP contribution in [0.15, 0.2) is 36.5 Å². The van der Waals surface area contributed by atoms with E-state index in [4.69, 9.17) is 4.74 Å². The van der Waals surface area contributed by atoms with Gasteiger partial charge in [-0.2, -0.15) is 0 Å². The summed E-state index contributed by atoms with van der Waals surface area (Å²) in [6.07, 6.45) is 1.69. The number of nitrogens with zero attached hydrogens (tertiary/aromatic N) is 1. The number of hydrogen-bond acceptors (Lipinski definition) is 3. The predicted octanol–water partition coefficient (Wildman–Crippen LogP) is 2.37. The normalized spacial score (nSPS) is 12.3. The van der Waals surface area contributed by atoms with Crippen molar-refractivity contribution in [2.75, 3.05) is 19.0 Å². The van der Waals surface area contributed by atoms with Gasteiger partial charge in [0.05, 0.1) is 23.7 Å². The van der Waals surface area contributed by atoms with E-state index in [2.05, 4.69) is 26.2 Å². The fourth-order valence-electron chi connectivity index (χ4n) is 1.88. The van der Waals surface area contributed by atoms with E-state index in [9.17, 15) is 4.79 Å². The molecule has 0 fully saturated rings. The first-order valence-corrected chi connectivity index (χ1v) is 7.08. The number of rotatable bonds is 5. The van der Waals surface area contributed by atoms with Crippen LogP contribution < -0.4 is 5.32 Å². The number of methoxy groups -OCH3 is 1. The smallest absolute Gasteiger partial charge is 0.253 e. The Kier molecular flexibility index (Phi) is 4.87. The van der Waals surface area contributed by atoms with Crippen LogP contribution in [0.1, 0.15) is 10.4 Å². The molecule has 0 spiro atoms. The van der Waals surface area contributed by atoms with E-state index in [0.717, 1.165) is 5.39 Å². The lowest BCUT2D eigenvalue weighted by molar-refractivity contribution is 0.0909. The van der Waals surface area contributed by atoms with Crippen LogP contribution in [0.25, 0.3) is 10.9 Å². The topological polar surface area (TPSA) is 51.2 Å². The van der Waals surface area contributed by atoms with Crippen molar-refractivity contribution in [2.24, 2.45) is 0 Å². The summed E-state index contributed by atoms with van der Waals surface area (Å²) in [5.74, 6) is -0.134. The van der Waals surface area contributed by atoms with Crippen LogP contribution in [-0.2, 0) is 4.74 Å². The van der Waals surface area contributed by atoms with E-state index < -0.39 is 0 Å². The van der Waals surface area contributed by atoms with Gasteiger partial charge in [0.15, 0.2) is 0 Å². The molecule has 0 bridgehead atoms. The van der Waals surface area contributed by atoms with Crippen molar-refractivity contribution in [1.82, 2.24) is 10.3 Å². The Morgan fingerprint density at radius 2 is 2.21 bits per heavy atom. The first kappa shape index (κ1) is 14.0. The number of fused-ring (bicyclic) bond motifs is 1. The summed E-state index contributed by atoms with van der Waals surface area (Å²) in [6, 6.07) is 9.32. The van der Waals surface area contributed by atoms with Gasteiger partial charge in [0.1, 0.15) is 0 Å². The van der Waals surface area contributed by atoms with Gasteiger partial charge in [0.25, 0.3) is 5.91 Å². The van der Waals surface area contributed by atoms with Crippen molar-refractivity contribution in [2.45, 2.75) is 6.04 Å². The van der Waals surface area contributed by atoms with Crippen LogP contribution in [0.4, 0.5) is 0 Å². The highest BCUT2D eigenvalue weighted by Gasteiger charge is 2.15. The Bertz CT molecular complexity index is 569. The van der Waals surface area contributed by atoms with Gasteiger partial charge in [0.2, 0.25) is 0 Å². The average molecular weight is 323 g/mol. The molecule has 1 atom stereocenters. The Hall–Kier alpha value is -1.46. The molecule has 4 nitrogen and oxygen atoms in total. The summed E-state index contributed by atoms with van der Waals surface area (Å²) in [7, 11) is 1.61. The van der Waals surface area contributed by atoms with Gasteiger partial charge in [0, 0.05) is 24.0 Å². The predicted molar refractivity (Wildman–Crippen MR) is 78.7 cm³/mol. The molecule has 0 aliphatic carbocycles. The Morgan fingerprint density at radius 3 is 2.95 bits per heavy atom. The number of benzene rings is 1. The van der Waals surface area contributed by atoms with Gasteiger partial charge in [-0.15, -0.1) is 0 Å². The highest BCUT2D eigenvalue weighted by Crippen LogP contribution is 2.15. The van der Waals surface area contributed by atoms with Gasteiger partial charge in [-0.1, -0.05) is 34.1 Å². The molecule has 0 saturated carbocycles. The number of amides is 1. The van der Waals surface area contributed by atoms with E-state index in [-0.39, 0.29) is 11.9 Å². The maximum atomic E-state index is 12.3. The van der Waals surface area contributed by atoms with E-state index in [0.29, 0.717) is 23.0 Å². The molecule has 0 aliphatic rings. The number of carbonyl (C=O) groups excluding carboxylic acids is 1. The van der Waals surface area contributed by atoms with Crippen molar-refractivity contribution < 1.29 is 9.53 Å². The van der Waals surface area contributed by atoms with E-state index >= 15 is 0 Å². The number of carbonyl (C=O) groups is 1. The molecule has 19 heavy (non-hydrogen) atoms. The summed E-state index contributed by atoms with van der Waals surface area (Å²) < 4.78 is 5.06. The van der Waals surface area contributed by atoms with Crippen LogP contribution in [0, 0.1) is 0 Å². The fraction of sp³-hybridized carbons (Fsp3) is 0.286.